The zero-order valence-electron chi connectivity index (χ0n) is 10.7. The lowest BCUT2D eigenvalue weighted by Gasteiger charge is -2.27. The van der Waals surface area contributed by atoms with Gasteiger partial charge in [0.2, 0.25) is 5.91 Å². The third kappa shape index (κ3) is 4.20. The van der Waals surface area contributed by atoms with Crippen molar-refractivity contribution in [2.24, 2.45) is 11.7 Å². The molecule has 1 saturated carbocycles. The van der Waals surface area contributed by atoms with E-state index in [4.69, 9.17) is 17.3 Å². The van der Waals surface area contributed by atoms with Crippen LogP contribution in [0.3, 0.4) is 0 Å². The van der Waals surface area contributed by atoms with Crippen LogP contribution in [0.1, 0.15) is 31.2 Å². The Kier molecular flexibility index (Phi) is 5.25. The Bertz CT molecular complexity index is 459. The molecule has 1 fully saturated rings. The van der Waals surface area contributed by atoms with Gasteiger partial charge in [0.25, 0.3) is 0 Å². The van der Waals surface area contributed by atoms with E-state index in [0.29, 0.717) is 6.04 Å². The molecule has 19 heavy (non-hydrogen) atoms. The number of carbonyl (C=O) groups excluding carboxylic acids is 1. The molecule has 0 radical (unpaired) electrons. The minimum Gasteiger partial charge on any atom is -0.369 e. The van der Waals surface area contributed by atoms with Gasteiger partial charge >= 0.3 is 0 Å². The van der Waals surface area contributed by atoms with Gasteiger partial charge < -0.3 is 11.1 Å². The number of rotatable bonds is 4. The maximum atomic E-state index is 11.1. The van der Waals surface area contributed by atoms with Gasteiger partial charge in [-0.25, -0.2) is 0 Å². The molecule has 104 valence electrons. The molecular weight excluding hydrogens is 328 g/mol. The first-order valence-corrected chi connectivity index (χ1v) is 7.70. The van der Waals surface area contributed by atoms with Crippen molar-refractivity contribution in [1.29, 1.82) is 0 Å². The molecule has 0 saturated heterocycles. The quantitative estimate of drug-likeness (QED) is 0.880. The first-order chi connectivity index (χ1) is 9.06. The summed E-state index contributed by atoms with van der Waals surface area (Å²) in [5.41, 5.74) is 6.53. The summed E-state index contributed by atoms with van der Waals surface area (Å²) in [6.07, 6.45) is 3.82. The molecule has 0 spiro atoms. The second-order valence-corrected chi connectivity index (χ2v) is 6.36. The minimum atomic E-state index is -0.154. The van der Waals surface area contributed by atoms with Crippen molar-refractivity contribution in [3.05, 3.63) is 33.3 Å². The van der Waals surface area contributed by atoms with E-state index in [9.17, 15) is 4.79 Å². The van der Waals surface area contributed by atoms with Crippen molar-refractivity contribution in [3.63, 3.8) is 0 Å². The highest BCUT2D eigenvalue weighted by molar-refractivity contribution is 9.10. The highest BCUT2D eigenvalue weighted by Gasteiger charge is 2.24. The van der Waals surface area contributed by atoms with Crippen LogP contribution in [0.25, 0.3) is 0 Å². The third-order valence-corrected chi connectivity index (χ3v) is 4.70. The van der Waals surface area contributed by atoms with Gasteiger partial charge in [-0.15, -0.1) is 0 Å². The molecule has 0 aromatic heterocycles. The molecule has 3 N–H and O–H groups in total. The maximum Gasteiger partial charge on any atom is 0.220 e. The van der Waals surface area contributed by atoms with Crippen LogP contribution in [0, 0.1) is 5.92 Å². The van der Waals surface area contributed by atoms with Crippen LogP contribution < -0.4 is 11.1 Å². The lowest BCUT2D eigenvalue weighted by atomic mass is 9.85. The van der Waals surface area contributed by atoms with E-state index in [-0.39, 0.29) is 11.8 Å². The Hall–Kier alpha value is -0.580. The Morgan fingerprint density at radius 1 is 1.37 bits per heavy atom. The normalized spacial score (nSPS) is 23.3. The number of benzene rings is 1. The maximum absolute atomic E-state index is 11.1. The highest BCUT2D eigenvalue weighted by atomic mass is 79.9. The molecule has 0 bridgehead atoms. The second kappa shape index (κ2) is 6.73. The Morgan fingerprint density at radius 3 is 2.63 bits per heavy atom. The number of nitrogens with one attached hydrogen (secondary N) is 1. The highest BCUT2D eigenvalue weighted by Crippen LogP contribution is 2.25. The predicted octanol–water partition coefficient (Wildman–Crippen LogP) is 3.24. The number of hydrogen-bond acceptors (Lipinski definition) is 2. The van der Waals surface area contributed by atoms with Gasteiger partial charge in [0.05, 0.1) is 0 Å². The third-order valence-electron chi connectivity index (χ3n) is 3.73. The summed E-state index contributed by atoms with van der Waals surface area (Å²) in [5.74, 6) is -0.0841. The van der Waals surface area contributed by atoms with Crippen molar-refractivity contribution < 1.29 is 4.79 Å². The average molecular weight is 346 g/mol. The van der Waals surface area contributed by atoms with E-state index in [1.807, 2.05) is 18.2 Å². The number of halogens is 2. The molecule has 0 aliphatic heterocycles. The summed E-state index contributed by atoms with van der Waals surface area (Å²) in [6, 6.07) is 6.29. The molecule has 1 aliphatic carbocycles. The standard InChI is InChI=1S/C14H18BrClN2O/c15-13-7-11(16)4-1-10(13)8-18-12-5-2-9(3-6-12)14(17)19/h1,4,7,9,12,18H,2-3,5-6,8H2,(H2,17,19). The van der Waals surface area contributed by atoms with Crippen molar-refractivity contribution in [2.75, 3.05) is 0 Å². The minimum absolute atomic E-state index is 0.0697. The van der Waals surface area contributed by atoms with Gasteiger partial charge in [0.15, 0.2) is 0 Å². The smallest absolute Gasteiger partial charge is 0.220 e. The first kappa shape index (κ1) is 14.8. The van der Waals surface area contributed by atoms with Crippen molar-refractivity contribution >= 4 is 33.4 Å². The van der Waals surface area contributed by atoms with Crippen LogP contribution in [-0.4, -0.2) is 11.9 Å². The van der Waals surface area contributed by atoms with Crippen LogP contribution in [-0.2, 0) is 11.3 Å². The lowest BCUT2D eigenvalue weighted by Crippen LogP contribution is -2.36. The van der Waals surface area contributed by atoms with Crippen LogP contribution in [0.4, 0.5) is 0 Å². The van der Waals surface area contributed by atoms with Gasteiger partial charge in [-0.2, -0.15) is 0 Å². The van der Waals surface area contributed by atoms with Crippen molar-refractivity contribution in [1.82, 2.24) is 5.32 Å². The zero-order valence-corrected chi connectivity index (χ0v) is 13.0. The van der Waals surface area contributed by atoms with Gasteiger partial charge in [0, 0.05) is 28.0 Å². The van der Waals surface area contributed by atoms with E-state index in [2.05, 4.69) is 21.2 Å². The molecular formula is C14H18BrClN2O. The number of carbonyl (C=O) groups is 1. The number of primary amides is 1. The molecule has 3 nitrogen and oxygen atoms in total. The second-order valence-electron chi connectivity index (χ2n) is 5.07. The number of amides is 1. The van der Waals surface area contributed by atoms with E-state index in [1.165, 1.54) is 5.56 Å². The summed E-state index contributed by atoms with van der Waals surface area (Å²) in [7, 11) is 0. The van der Waals surface area contributed by atoms with Gasteiger partial charge in [-0.3, -0.25) is 4.79 Å². The monoisotopic (exact) mass is 344 g/mol. The summed E-state index contributed by atoms with van der Waals surface area (Å²) in [5, 5.41) is 4.27. The summed E-state index contributed by atoms with van der Waals surface area (Å²) in [6.45, 7) is 0.809. The SMILES string of the molecule is NC(=O)C1CCC(NCc2ccc(Cl)cc2Br)CC1. The molecule has 0 unspecified atom stereocenters. The molecule has 1 aliphatic rings. The van der Waals surface area contributed by atoms with Gasteiger partial charge in [0.1, 0.15) is 0 Å². The van der Waals surface area contributed by atoms with Crippen molar-refractivity contribution in [2.45, 2.75) is 38.3 Å². The van der Waals surface area contributed by atoms with Crippen LogP contribution in [0.2, 0.25) is 5.02 Å². The van der Waals surface area contributed by atoms with E-state index >= 15 is 0 Å². The fourth-order valence-electron chi connectivity index (χ4n) is 2.50. The van der Waals surface area contributed by atoms with E-state index in [0.717, 1.165) is 41.7 Å². The first-order valence-electron chi connectivity index (χ1n) is 6.53. The lowest BCUT2D eigenvalue weighted by molar-refractivity contribution is -0.122. The topological polar surface area (TPSA) is 55.1 Å². The largest absolute Gasteiger partial charge is 0.369 e. The number of hydrogen-bond donors (Lipinski definition) is 2. The number of nitrogens with two attached hydrogens (primary N) is 1. The van der Waals surface area contributed by atoms with Crippen LogP contribution >= 0.6 is 27.5 Å². The molecule has 1 amide bonds. The van der Waals surface area contributed by atoms with E-state index < -0.39 is 0 Å². The van der Waals surface area contributed by atoms with Crippen molar-refractivity contribution in [3.8, 4) is 0 Å². The summed E-state index contributed by atoms with van der Waals surface area (Å²) in [4.78, 5) is 11.1. The van der Waals surface area contributed by atoms with Crippen LogP contribution in [0.5, 0.6) is 0 Å². The fourth-order valence-corrected chi connectivity index (χ4v) is 3.32. The zero-order chi connectivity index (χ0) is 13.8. The van der Waals surface area contributed by atoms with Gasteiger partial charge in [-0.1, -0.05) is 33.6 Å². The summed E-state index contributed by atoms with van der Waals surface area (Å²) < 4.78 is 1.03. The van der Waals surface area contributed by atoms with Gasteiger partial charge in [-0.05, 0) is 43.4 Å². The average Bonchev–Trinajstić information content (AvgIpc) is 2.38. The Labute approximate surface area is 127 Å². The Morgan fingerprint density at radius 2 is 2.05 bits per heavy atom. The molecule has 1 aromatic rings. The molecule has 0 atom stereocenters. The van der Waals surface area contributed by atoms with E-state index in [1.54, 1.807) is 0 Å². The molecule has 5 heteroatoms. The molecule has 2 rings (SSSR count). The fraction of sp³-hybridized carbons (Fsp3) is 0.500. The molecule has 1 aromatic carbocycles. The van der Waals surface area contributed by atoms with Crippen LogP contribution in [0.15, 0.2) is 22.7 Å². The predicted molar refractivity (Wildman–Crippen MR) is 80.9 cm³/mol. The Balaban J connectivity index is 1.82. The summed E-state index contributed by atoms with van der Waals surface area (Å²) >= 11 is 9.43. The molecule has 0 heterocycles.